The van der Waals surface area contributed by atoms with E-state index in [1.807, 2.05) is 12.1 Å². The Balaban J connectivity index is 2.16. The zero-order valence-corrected chi connectivity index (χ0v) is 11.7. The normalized spacial score (nSPS) is 10.1. The molecule has 3 nitrogen and oxygen atoms in total. The van der Waals surface area contributed by atoms with Gasteiger partial charge in [0.1, 0.15) is 11.6 Å². The van der Waals surface area contributed by atoms with Crippen molar-refractivity contribution in [1.82, 2.24) is 0 Å². The summed E-state index contributed by atoms with van der Waals surface area (Å²) in [5.74, 6) is 0.848. The number of nitrogens with two attached hydrogens (primary N) is 1. The number of nitrogen functional groups attached to an aromatic ring is 1. The molecule has 0 unspecified atom stereocenters. The van der Waals surface area contributed by atoms with E-state index in [1.54, 1.807) is 25.3 Å². The number of methoxy groups -OCH3 is 1. The monoisotopic (exact) mass is 288 g/mol. The van der Waals surface area contributed by atoms with Gasteiger partial charge in [0.2, 0.25) is 0 Å². The van der Waals surface area contributed by atoms with Crippen LogP contribution in [0, 0.1) is 17.1 Å². The first-order chi connectivity index (χ1) is 9.62. The van der Waals surface area contributed by atoms with Crippen molar-refractivity contribution in [3.63, 3.8) is 0 Å². The lowest BCUT2D eigenvalue weighted by Crippen LogP contribution is -1.92. The first-order valence-corrected chi connectivity index (χ1v) is 6.87. The minimum Gasteiger partial charge on any atom is -0.497 e. The van der Waals surface area contributed by atoms with Crippen LogP contribution in [0.25, 0.3) is 0 Å². The smallest absolute Gasteiger partial charge is 0.124 e. The maximum atomic E-state index is 13.3. The molecule has 0 heterocycles. The summed E-state index contributed by atoms with van der Waals surface area (Å²) in [6.45, 7) is 0. The highest BCUT2D eigenvalue weighted by Crippen LogP contribution is 2.31. The summed E-state index contributed by atoms with van der Waals surface area (Å²) >= 11 is 1.48. The summed E-state index contributed by atoms with van der Waals surface area (Å²) in [4.78, 5) is 0.868. The Labute approximate surface area is 121 Å². The molecule has 0 atom stereocenters. The molecule has 0 bridgehead atoms. The molecule has 0 saturated carbocycles. The molecular weight excluding hydrogens is 275 g/mol. The van der Waals surface area contributed by atoms with E-state index in [0.29, 0.717) is 17.0 Å². The van der Waals surface area contributed by atoms with Gasteiger partial charge in [0.15, 0.2) is 0 Å². The molecule has 0 saturated heterocycles. The van der Waals surface area contributed by atoms with Gasteiger partial charge < -0.3 is 10.5 Å². The maximum absolute atomic E-state index is 13.3. The van der Waals surface area contributed by atoms with Gasteiger partial charge in [-0.1, -0.05) is 0 Å². The van der Waals surface area contributed by atoms with Crippen LogP contribution in [-0.2, 0) is 5.75 Å². The summed E-state index contributed by atoms with van der Waals surface area (Å²) < 4.78 is 18.5. The average molecular weight is 288 g/mol. The Hall–Kier alpha value is -2.19. The lowest BCUT2D eigenvalue weighted by molar-refractivity contribution is 0.414. The Bertz CT molecular complexity index is 667. The van der Waals surface area contributed by atoms with E-state index in [0.717, 1.165) is 16.2 Å². The fourth-order valence-electron chi connectivity index (χ4n) is 1.73. The van der Waals surface area contributed by atoms with Gasteiger partial charge in [-0.3, -0.25) is 0 Å². The molecular formula is C15H13FN2OS. The number of hydrogen-bond acceptors (Lipinski definition) is 4. The third-order valence-electron chi connectivity index (χ3n) is 2.70. The van der Waals surface area contributed by atoms with Gasteiger partial charge in [-0.25, -0.2) is 4.39 Å². The maximum Gasteiger partial charge on any atom is 0.124 e. The number of hydrogen-bond donors (Lipinski definition) is 1. The predicted molar refractivity (Wildman–Crippen MR) is 78.1 cm³/mol. The molecule has 20 heavy (non-hydrogen) atoms. The van der Waals surface area contributed by atoms with Crippen molar-refractivity contribution < 1.29 is 9.13 Å². The van der Waals surface area contributed by atoms with Gasteiger partial charge in [-0.05, 0) is 42.0 Å². The summed E-state index contributed by atoms with van der Waals surface area (Å²) in [5, 5.41) is 8.82. The molecule has 2 aromatic carbocycles. The molecule has 0 aromatic heterocycles. The van der Waals surface area contributed by atoms with E-state index in [9.17, 15) is 4.39 Å². The summed E-state index contributed by atoms with van der Waals surface area (Å²) in [6.07, 6.45) is 0. The second-order valence-corrected chi connectivity index (χ2v) is 5.17. The molecule has 0 aliphatic heterocycles. The van der Waals surface area contributed by atoms with Crippen molar-refractivity contribution in [3.05, 3.63) is 53.3 Å². The van der Waals surface area contributed by atoms with Crippen molar-refractivity contribution in [1.29, 1.82) is 5.26 Å². The van der Waals surface area contributed by atoms with Gasteiger partial charge in [-0.15, -0.1) is 11.8 Å². The second-order valence-electron chi connectivity index (χ2n) is 4.15. The van der Waals surface area contributed by atoms with Crippen molar-refractivity contribution in [2.45, 2.75) is 10.6 Å². The predicted octanol–water partition coefficient (Wildman–Crippen LogP) is 3.58. The number of benzene rings is 2. The van der Waals surface area contributed by atoms with E-state index in [2.05, 4.69) is 0 Å². The largest absolute Gasteiger partial charge is 0.497 e. The zero-order chi connectivity index (χ0) is 14.5. The number of nitriles is 1. The van der Waals surface area contributed by atoms with E-state index in [1.165, 1.54) is 23.9 Å². The molecule has 2 N–H and O–H groups in total. The lowest BCUT2D eigenvalue weighted by atomic mass is 10.1. The highest BCUT2D eigenvalue weighted by Gasteiger charge is 2.05. The van der Waals surface area contributed by atoms with Crippen LogP contribution in [-0.4, -0.2) is 7.11 Å². The minimum atomic E-state index is -0.404. The van der Waals surface area contributed by atoms with E-state index in [-0.39, 0.29) is 0 Å². The zero-order valence-electron chi connectivity index (χ0n) is 10.9. The van der Waals surface area contributed by atoms with Crippen LogP contribution in [0.5, 0.6) is 5.75 Å². The highest BCUT2D eigenvalue weighted by molar-refractivity contribution is 7.98. The van der Waals surface area contributed by atoms with Gasteiger partial charge in [-0.2, -0.15) is 5.26 Å². The van der Waals surface area contributed by atoms with Gasteiger partial charge >= 0.3 is 0 Å². The van der Waals surface area contributed by atoms with E-state index in [4.69, 9.17) is 15.7 Å². The lowest BCUT2D eigenvalue weighted by Gasteiger charge is -2.08. The fourth-order valence-corrected chi connectivity index (χ4v) is 2.65. The van der Waals surface area contributed by atoms with Gasteiger partial charge in [0.25, 0.3) is 0 Å². The number of nitrogens with zero attached hydrogens (tertiary/aromatic N) is 1. The standard InChI is InChI=1S/C15H13FN2OS/c1-19-13-2-3-14(18)15(7-13)20-9-11-4-10(8-17)5-12(16)6-11/h2-7H,9,18H2,1H3. The van der Waals surface area contributed by atoms with Gasteiger partial charge in [0.05, 0.1) is 18.7 Å². The van der Waals surface area contributed by atoms with Crippen molar-refractivity contribution in [3.8, 4) is 11.8 Å². The number of halogens is 1. The van der Waals surface area contributed by atoms with E-state index < -0.39 is 5.82 Å². The molecule has 0 fully saturated rings. The Morgan fingerprint density at radius 2 is 2.10 bits per heavy atom. The number of thioether (sulfide) groups is 1. The quantitative estimate of drug-likeness (QED) is 0.690. The third kappa shape index (κ3) is 3.43. The van der Waals surface area contributed by atoms with Crippen LogP contribution in [0.3, 0.4) is 0 Å². The highest BCUT2D eigenvalue weighted by atomic mass is 32.2. The SMILES string of the molecule is COc1ccc(N)c(SCc2cc(F)cc(C#N)c2)c1. The van der Waals surface area contributed by atoms with Crippen LogP contribution in [0.2, 0.25) is 0 Å². The van der Waals surface area contributed by atoms with Crippen LogP contribution in [0.4, 0.5) is 10.1 Å². The molecule has 0 spiro atoms. The number of ether oxygens (including phenoxy) is 1. The average Bonchev–Trinajstić information content (AvgIpc) is 2.45. The third-order valence-corrected chi connectivity index (χ3v) is 3.84. The molecule has 0 aliphatic carbocycles. The van der Waals surface area contributed by atoms with Crippen LogP contribution < -0.4 is 10.5 Å². The van der Waals surface area contributed by atoms with Crippen LogP contribution in [0.1, 0.15) is 11.1 Å². The minimum absolute atomic E-state index is 0.319. The molecule has 0 amide bonds. The first kappa shape index (κ1) is 14.2. The Morgan fingerprint density at radius 3 is 2.80 bits per heavy atom. The van der Waals surface area contributed by atoms with Crippen LogP contribution in [0.15, 0.2) is 41.3 Å². The van der Waals surface area contributed by atoms with Crippen molar-refractivity contribution in [2.75, 3.05) is 12.8 Å². The molecule has 0 aliphatic rings. The summed E-state index contributed by atoms with van der Waals surface area (Å²) in [6, 6.07) is 11.6. The number of rotatable bonds is 4. The van der Waals surface area contributed by atoms with E-state index >= 15 is 0 Å². The molecule has 102 valence electrons. The second kappa shape index (κ2) is 6.31. The molecule has 0 radical (unpaired) electrons. The first-order valence-electron chi connectivity index (χ1n) is 5.88. The number of anilines is 1. The van der Waals surface area contributed by atoms with Crippen molar-refractivity contribution >= 4 is 17.4 Å². The van der Waals surface area contributed by atoms with Crippen LogP contribution >= 0.6 is 11.8 Å². The summed E-state index contributed by atoms with van der Waals surface area (Å²) in [5.41, 5.74) is 7.60. The fraction of sp³-hybridized carbons (Fsp3) is 0.133. The molecule has 2 rings (SSSR count). The summed E-state index contributed by atoms with van der Waals surface area (Å²) in [7, 11) is 1.59. The Morgan fingerprint density at radius 1 is 1.30 bits per heavy atom. The topological polar surface area (TPSA) is 59.0 Å². The molecule has 2 aromatic rings. The molecule has 5 heteroatoms. The van der Waals surface area contributed by atoms with Crippen molar-refractivity contribution in [2.24, 2.45) is 0 Å². The Kier molecular flexibility index (Phi) is 4.49. The van der Waals surface area contributed by atoms with Gasteiger partial charge in [0, 0.05) is 16.3 Å².